The van der Waals surface area contributed by atoms with Crippen molar-refractivity contribution < 1.29 is 14.6 Å². The van der Waals surface area contributed by atoms with Gasteiger partial charge in [-0.1, -0.05) is 11.8 Å². The van der Waals surface area contributed by atoms with E-state index < -0.39 is 0 Å². The predicted octanol–water partition coefficient (Wildman–Crippen LogP) is 1.10. The molecule has 0 aliphatic heterocycles. The largest absolute Gasteiger partial charge is 0.384 e. The van der Waals surface area contributed by atoms with Crippen LogP contribution in [0, 0.1) is 18.8 Å². The fraction of sp³-hybridized carbons (Fsp3) is 0.400. The average Bonchev–Trinajstić information content (AvgIpc) is 2.42. The zero-order valence-corrected chi connectivity index (χ0v) is 11.5. The molecule has 0 saturated heterocycles. The number of hydrogen-bond donors (Lipinski definition) is 2. The van der Waals surface area contributed by atoms with E-state index in [2.05, 4.69) is 17.2 Å². The van der Waals surface area contributed by atoms with Gasteiger partial charge in [-0.2, -0.15) is 0 Å². The Morgan fingerprint density at radius 3 is 2.84 bits per heavy atom. The molecule has 1 atom stereocenters. The Bertz CT molecular complexity index is 500. The summed E-state index contributed by atoms with van der Waals surface area (Å²) in [7, 11) is 1.61. The minimum Gasteiger partial charge on any atom is -0.384 e. The van der Waals surface area contributed by atoms with Crippen molar-refractivity contribution in [2.75, 3.05) is 20.3 Å². The van der Waals surface area contributed by atoms with E-state index in [0.29, 0.717) is 12.1 Å². The smallest absolute Gasteiger partial charge is 0.251 e. The van der Waals surface area contributed by atoms with E-state index in [1.807, 2.05) is 13.8 Å². The van der Waals surface area contributed by atoms with Gasteiger partial charge < -0.3 is 15.2 Å². The fourth-order valence-corrected chi connectivity index (χ4v) is 1.50. The molecule has 0 fully saturated rings. The number of aryl methyl sites for hydroxylation is 1. The lowest BCUT2D eigenvalue weighted by Gasteiger charge is -2.11. The van der Waals surface area contributed by atoms with Crippen LogP contribution >= 0.6 is 0 Å². The molecule has 1 aromatic carbocycles. The maximum atomic E-state index is 11.9. The topological polar surface area (TPSA) is 58.6 Å². The van der Waals surface area contributed by atoms with Crippen molar-refractivity contribution in [1.82, 2.24) is 5.32 Å². The lowest BCUT2D eigenvalue weighted by Crippen LogP contribution is -2.31. The molecule has 0 aliphatic rings. The van der Waals surface area contributed by atoms with E-state index >= 15 is 0 Å². The molecule has 0 bridgehead atoms. The van der Waals surface area contributed by atoms with E-state index in [4.69, 9.17) is 9.84 Å². The van der Waals surface area contributed by atoms with Crippen LogP contribution in [0.4, 0.5) is 0 Å². The van der Waals surface area contributed by atoms with E-state index in [1.54, 1.807) is 25.3 Å². The number of aliphatic hydroxyl groups is 1. The van der Waals surface area contributed by atoms with Crippen LogP contribution < -0.4 is 5.32 Å². The Hall–Kier alpha value is -1.83. The van der Waals surface area contributed by atoms with Crippen molar-refractivity contribution in [3.63, 3.8) is 0 Å². The summed E-state index contributed by atoms with van der Waals surface area (Å²) in [5, 5.41) is 11.5. The van der Waals surface area contributed by atoms with E-state index in [0.717, 1.165) is 11.1 Å². The molecule has 1 unspecified atom stereocenters. The standard InChI is InChI=1S/C15H19NO3/c1-11-9-14(7-6-13(11)5-4-8-17)15(18)16-10-12(2)19-3/h6-7,9,12,17H,8,10H2,1-3H3,(H,16,18). The molecule has 0 aliphatic carbocycles. The number of methoxy groups -OCH3 is 1. The summed E-state index contributed by atoms with van der Waals surface area (Å²) in [6, 6.07) is 5.29. The summed E-state index contributed by atoms with van der Waals surface area (Å²) < 4.78 is 5.07. The number of aliphatic hydroxyl groups excluding tert-OH is 1. The van der Waals surface area contributed by atoms with Gasteiger partial charge in [-0.15, -0.1) is 0 Å². The molecule has 1 rings (SSSR count). The second kappa shape index (κ2) is 7.57. The number of ether oxygens (including phenoxy) is 1. The highest BCUT2D eigenvalue weighted by atomic mass is 16.5. The maximum absolute atomic E-state index is 11.9. The number of amides is 1. The molecule has 0 heterocycles. The molecule has 0 aromatic heterocycles. The molecule has 1 amide bonds. The molecule has 102 valence electrons. The molecular formula is C15H19NO3. The highest BCUT2D eigenvalue weighted by molar-refractivity contribution is 5.94. The molecule has 4 nitrogen and oxygen atoms in total. The van der Waals surface area contributed by atoms with Gasteiger partial charge in [0.15, 0.2) is 0 Å². The number of rotatable bonds is 4. The van der Waals surface area contributed by atoms with Crippen LogP contribution in [0.15, 0.2) is 18.2 Å². The Kier molecular flexibility index (Phi) is 6.07. The first-order valence-electron chi connectivity index (χ1n) is 6.10. The van der Waals surface area contributed by atoms with Gasteiger partial charge in [0, 0.05) is 24.8 Å². The van der Waals surface area contributed by atoms with Gasteiger partial charge >= 0.3 is 0 Å². The van der Waals surface area contributed by atoms with Crippen molar-refractivity contribution in [3.05, 3.63) is 34.9 Å². The lowest BCUT2D eigenvalue weighted by atomic mass is 10.0. The molecule has 4 heteroatoms. The quantitative estimate of drug-likeness (QED) is 0.798. The second-order valence-corrected chi connectivity index (χ2v) is 4.25. The number of benzene rings is 1. The minimum atomic E-state index is -0.170. The SMILES string of the molecule is COC(C)CNC(=O)c1ccc(C#CCO)c(C)c1. The van der Waals surface area contributed by atoms with Gasteiger partial charge in [0.2, 0.25) is 0 Å². The first-order valence-corrected chi connectivity index (χ1v) is 6.10. The number of hydrogen-bond acceptors (Lipinski definition) is 3. The van der Waals surface area contributed by atoms with Gasteiger partial charge in [0.1, 0.15) is 6.61 Å². The number of nitrogens with one attached hydrogen (secondary N) is 1. The van der Waals surface area contributed by atoms with E-state index in [-0.39, 0.29) is 18.6 Å². The third-order valence-corrected chi connectivity index (χ3v) is 2.74. The predicted molar refractivity (Wildman–Crippen MR) is 73.9 cm³/mol. The van der Waals surface area contributed by atoms with Crippen LogP contribution in [0.25, 0.3) is 0 Å². The zero-order chi connectivity index (χ0) is 14.3. The lowest BCUT2D eigenvalue weighted by molar-refractivity contribution is 0.0870. The molecule has 0 saturated carbocycles. The fourth-order valence-electron chi connectivity index (χ4n) is 1.50. The van der Waals surface area contributed by atoms with Gasteiger partial charge in [-0.05, 0) is 37.6 Å². The van der Waals surface area contributed by atoms with Crippen LogP contribution in [-0.4, -0.2) is 37.4 Å². The Labute approximate surface area is 113 Å². The van der Waals surface area contributed by atoms with Crippen LogP contribution in [0.2, 0.25) is 0 Å². The second-order valence-electron chi connectivity index (χ2n) is 4.25. The normalized spacial score (nSPS) is 11.4. The average molecular weight is 261 g/mol. The summed E-state index contributed by atoms with van der Waals surface area (Å²) >= 11 is 0. The van der Waals surface area contributed by atoms with Crippen molar-refractivity contribution >= 4 is 5.91 Å². The highest BCUT2D eigenvalue weighted by Gasteiger charge is 2.08. The maximum Gasteiger partial charge on any atom is 0.251 e. The minimum absolute atomic E-state index is 0.0141. The van der Waals surface area contributed by atoms with Crippen LogP contribution in [0.3, 0.4) is 0 Å². The monoisotopic (exact) mass is 261 g/mol. The van der Waals surface area contributed by atoms with Crippen LogP contribution in [0.5, 0.6) is 0 Å². The Morgan fingerprint density at radius 2 is 2.26 bits per heavy atom. The van der Waals surface area contributed by atoms with E-state index in [1.165, 1.54) is 0 Å². The van der Waals surface area contributed by atoms with Crippen molar-refractivity contribution in [1.29, 1.82) is 0 Å². The summed E-state index contributed by atoms with van der Waals surface area (Å²) in [5.74, 6) is 5.30. The third kappa shape index (κ3) is 4.74. The summed E-state index contributed by atoms with van der Waals surface area (Å²) in [6.45, 7) is 4.08. The Morgan fingerprint density at radius 1 is 1.53 bits per heavy atom. The highest BCUT2D eigenvalue weighted by Crippen LogP contribution is 2.10. The molecular weight excluding hydrogens is 242 g/mol. The summed E-state index contributed by atoms with van der Waals surface area (Å²) in [6.07, 6.45) is -0.0141. The summed E-state index contributed by atoms with van der Waals surface area (Å²) in [4.78, 5) is 11.9. The molecule has 1 aromatic rings. The van der Waals surface area contributed by atoms with E-state index in [9.17, 15) is 4.79 Å². The third-order valence-electron chi connectivity index (χ3n) is 2.74. The van der Waals surface area contributed by atoms with Crippen molar-refractivity contribution in [2.24, 2.45) is 0 Å². The van der Waals surface area contributed by atoms with Crippen molar-refractivity contribution in [3.8, 4) is 11.8 Å². The van der Waals surface area contributed by atoms with Gasteiger partial charge in [0.25, 0.3) is 5.91 Å². The van der Waals surface area contributed by atoms with Gasteiger partial charge in [-0.3, -0.25) is 4.79 Å². The van der Waals surface area contributed by atoms with Crippen LogP contribution in [0.1, 0.15) is 28.4 Å². The molecule has 0 spiro atoms. The number of carbonyl (C=O) groups is 1. The van der Waals surface area contributed by atoms with Crippen molar-refractivity contribution in [2.45, 2.75) is 20.0 Å². The first-order chi connectivity index (χ1) is 9.08. The van der Waals surface area contributed by atoms with Crippen LogP contribution in [-0.2, 0) is 4.74 Å². The molecule has 2 N–H and O–H groups in total. The number of carbonyl (C=O) groups excluding carboxylic acids is 1. The van der Waals surface area contributed by atoms with Gasteiger partial charge in [-0.25, -0.2) is 0 Å². The molecule has 19 heavy (non-hydrogen) atoms. The molecule has 0 radical (unpaired) electrons. The Balaban J connectivity index is 2.74. The van der Waals surface area contributed by atoms with Gasteiger partial charge in [0.05, 0.1) is 6.10 Å². The summed E-state index contributed by atoms with van der Waals surface area (Å²) in [5.41, 5.74) is 2.32. The first kappa shape index (κ1) is 15.2. The zero-order valence-electron chi connectivity index (χ0n) is 11.5.